The molecule has 1 fully saturated rings. The molecule has 1 aliphatic rings. The molecule has 0 unspecified atom stereocenters. The molecule has 2 amide bonds. The van der Waals surface area contributed by atoms with Gasteiger partial charge in [-0.25, -0.2) is 9.97 Å². The van der Waals surface area contributed by atoms with Gasteiger partial charge in [0.15, 0.2) is 0 Å². The van der Waals surface area contributed by atoms with E-state index in [2.05, 4.69) is 35.6 Å². The lowest BCUT2D eigenvalue weighted by Crippen LogP contribution is -2.38. The van der Waals surface area contributed by atoms with Crippen molar-refractivity contribution in [2.45, 2.75) is 18.9 Å². The van der Waals surface area contributed by atoms with Crippen molar-refractivity contribution in [3.05, 3.63) is 54.5 Å². The summed E-state index contributed by atoms with van der Waals surface area (Å²) < 4.78 is 21.3. The summed E-state index contributed by atoms with van der Waals surface area (Å²) in [5.41, 5.74) is 2.69. The largest absolute Gasteiger partial charge is 0.383 e. The minimum absolute atomic E-state index is 0.147. The lowest BCUT2D eigenvalue weighted by molar-refractivity contribution is -0.117. The summed E-state index contributed by atoms with van der Waals surface area (Å²) in [5.74, 6) is -1.66. The molecule has 0 aliphatic carbocycles. The summed E-state index contributed by atoms with van der Waals surface area (Å²) in [6.07, 6.45) is 8.19. The number of H-pyrrole nitrogens is 1. The van der Waals surface area contributed by atoms with Gasteiger partial charge in [-0.1, -0.05) is 0 Å². The third-order valence-electron chi connectivity index (χ3n) is 6.32. The monoisotopic (exact) mass is 506 g/mol. The number of anilines is 2. The molecule has 11 nitrogen and oxygen atoms in total. The maximum atomic E-state index is 14.4. The predicted octanol–water partition coefficient (Wildman–Crippen LogP) is 2.80. The molecular formula is C25H27FN8O3. The van der Waals surface area contributed by atoms with Crippen LogP contribution in [0.25, 0.3) is 22.3 Å². The molecule has 1 atom stereocenters. The van der Waals surface area contributed by atoms with Gasteiger partial charge >= 0.3 is 0 Å². The number of rotatable bonds is 8. The number of nitrogens with zero attached hydrogens (tertiary/aromatic N) is 5. The van der Waals surface area contributed by atoms with E-state index in [0.29, 0.717) is 12.3 Å². The lowest BCUT2D eigenvalue weighted by atomic mass is 10.2. The SMILES string of the molecule is COC[C@@H]1CCCN1CC(=O)Nc1cnc(F)c(NC(=O)c2cnc3[nH]c(-c4cnn(C)c4)cc3c2)c1. The number of methoxy groups -OCH3 is 1. The van der Waals surface area contributed by atoms with Crippen molar-refractivity contribution in [3.63, 3.8) is 0 Å². The Labute approximate surface area is 212 Å². The average Bonchev–Trinajstić information content (AvgIpc) is 3.61. The number of likely N-dealkylation sites (tertiary alicyclic amines) is 1. The summed E-state index contributed by atoms with van der Waals surface area (Å²) in [4.78, 5) is 38.7. The van der Waals surface area contributed by atoms with Crippen LogP contribution in [-0.2, 0) is 16.6 Å². The van der Waals surface area contributed by atoms with E-state index in [1.165, 1.54) is 18.5 Å². The molecule has 0 saturated carbocycles. The number of hydrogen-bond acceptors (Lipinski definition) is 7. The number of halogens is 1. The van der Waals surface area contributed by atoms with Gasteiger partial charge < -0.3 is 20.4 Å². The van der Waals surface area contributed by atoms with Crippen LogP contribution in [0.1, 0.15) is 23.2 Å². The van der Waals surface area contributed by atoms with E-state index in [0.717, 1.165) is 36.0 Å². The quantitative estimate of drug-likeness (QED) is 0.313. The van der Waals surface area contributed by atoms with E-state index in [1.807, 2.05) is 19.3 Å². The zero-order valence-corrected chi connectivity index (χ0v) is 20.5. The number of hydrogen-bond donors (Lipinski definition) is 3. The molecule has 12 heteroatoms. The highest BCUT2D eigenvalue weighted by molar-refractivity contribution is 6.06. The summed E-state index contributed by atoms with van der Waals surface area (Å²) in [5, 5.41) is 10.1. The van der Waals surface area contributed by atoms with Gasteiger partial charge in [0.25, 0.3) is 5.91 Å². The van der Waals surface area contributed by atoms with Crippen molar-refractivity contribution in [3.8, 4) is 11.3 Å². The lowest BCUT2D eigenvalue weighted by Gasteiger charge is -2.23. The standard InChI is InChI=1S/C25H27FN8O3/c1-33-12-17(10-29-33)20-7-15-6-16(9-28-24(15)31-20)25(36)32-21-8-18(11-27-23(21)26)30-22(35)13-34-5-3-4-19(34)14-37-2/h6-12,19H,3-5,13-14H2,1-2H3,(H,28,31)(H,30,35)(H,32,36)/t19-/m0/s1. The molecule has 5 heterocycles. The van der Waals surface area contributed by atoms with Crippen molar-refractivity contribution >= 4 is 34.2 Å². The second-order valence-electron chi connectivity index (χ2n) is 9.03. The number of ether oxygens (including phenoxy) is 1. The number of carbonyl (C=O) groups excluding carboxylic acids is 2. The van der Waals surface area contributed by atoms with Gasteiger partial charge in [0.1, 0.15) is 5.65 Å². The van der Waals surface area contributed by atoms with Crippen LogP contribution < -0.4 is 10.6 Å². The molecule has 0 aromatic carbocycles. The number of amides is 2. The fourth-order valence-electron chi connectivity index (χ4n) is 4.52. The number of carbonyl (C=O) groups is 2. The van der Waals surface area contributed by atoms with Crippen LogP contribution in [0.2, 0.25) is 0 Å². The first-order chi connectivity index (χ1) is 17.9. The van der Waals surface area contributed by atoms with Crippen LogP contribution >= 0.6 is 0 Å². The zero-order valence-electron chi connectivity index (χ0n) is 20.5. The Kier molecular flexibility index (Phi) is 6.93. The molecule has 5 rings (SSSR count). The molecule has 0 spiro atoms. The number of pyridine rings is 2. The Morgan fingerprint density at radius 2 is 2.05 bits per heavy atom. The third kappa shape index (κ3) is 5.49. The number of fused-ring (bicyclic) bond motifs is 1. The predicted molar refractivity (Wildman–Crippen MR) is 136 cm³/mol. The third-order valence-corrected chi connectivity index (χ3v) is 6.32. The van der Waals surface area contributed by atoms with Gasteiger partial charge in [0.2, 0.25) is 11.9 Å². The Morgan fingerprint density at radius 3 is 2.84 bits per heavy atom. The number of nitrogens with one attached hydrogen (secondary N) is 3. The van der Waals surface area contributed by atoms with Gasteiger partial charge in [0, 0.05) is 43.5 Å². The smallest absolute Gasteiger partial charge is 0.257 e. The molecule has 0 bridgehead atoms. The highest BCUT2D eigenvalue weighted by atomic mass is 19.1. The van der Waals surface area contributed by atoms with Crippen molar-refractivity contribution in [2.24, 2.45) is 7.05 Å². The normalized spacial score (nSPS) is 15.8. The van der Waals surface area contributed by atoms with Crippen molar-refractivity contribution in [1.29, 1.82) is 0 Å². The molecule has 37 heavy (non-hydrogen) atoms. The fraction of sp³-hybridized carbons (Fsp3) is 0.320. The van der Waals surface area contributed by atoms with E-state index in [1.54, 1.807) is 24.1 Å². The van der Waals surface area contributed by atoms with E-state index in [4.69, 9.17) is 4.74 Å². The van der Waals surface area contributed by atoms with Crippen molar-refractivity contribution in [1.82, 2.24) is 29.6 Å². The van der Waals surface area contributed by atoms with Crippen LogP contribution in [0.3, 0.4) is 0 Å². The fourth-order valence-corrected chi connectivity index (χ4v) is 4.52. The Bertz CT molecular complexity index is 1450. The van der Waals surface area contributed by atoms with Gasteiger partial charge in [-0.3, -0.25) is 19.2 Å². The summed E-state index contributed by atoms with van der Waals surface area (Å²) in [6.45, 7) is 1.57. The molecule has 0 radical (unpaired) electrons. The van der Waals surface area contributed by atoms with Crippen LogP contribution in [0.15, 0.2) is 43.0 Å². The van der Waals surface area contributed by atoms with Crippen LogP contribution in [0.4, 0.5) is 15.8 Å². The summed E-state index contributed by atoms with van der Waals surface area (Å²) in [6, 6.07) is 5.07. The molecule has 4 aromatic rings. The molecule has 1 saturated heterocycles. The minimum atomic E-state index is -0.861. The van der Waals surface area contributed by atoms with E-state index in [9.17, 15) is 14.0 Å². The number of aromatic amines is 1. The molecule has 3 N–H and O–H groups in total. The average molecular weight is 507 g/mol. The second kappa shape index (κ2) is 10.4. The Balaban J connectivity index is 1.26. The first kappa shape index (κ1) is 24.5. The zero-order chi connectivity index (χ0) is 25.9. The minimum Gasteiger partial charge on any atom is -0.383 e. The van der Waals surface area contributed by atoms with Gasteiger partial charge in [0.05, 0.1) is 48.2 Å². The number of aromatic nitrogens is 5. The Morgan fingerprint density at radius 1 is 1.19 bits per heavy atom. The van der Waals surface area contributed by atoms with Crippen molar-refractivity contribution < 1.29 is 18.7 Å². The Hall–Kier alpha value is -4.16. The van der Waals surface area contributed by atoms with E-state index < -0.39 is 11.9 Å². The highest BCUT2D eigenvalue weighted by Crippen LogP contribution is 2.24. The van der Waals surface area contributed by atoms with Crippen LogP contribution in [0.5, 0.6) is 0 Å². The van der Waals surface area contributed by atoms with E-state index >= 15 is 0 Å². The molecular weight excluding hydrogens is 479 g/mol. The van der Waals surface area contributed by atoms with Gasteiger partial charge in [-0.15, -0.1) is 0 Å². The molecule has 1 aliphatic heterocycles. The number of aryl methyl sites for hydroxylation is 1. The molecule has 4 aromatic heterocycles. The highest BCUT2D eigenvalue weighted by Gasteiger charge is 2.26. The first-order valence-electron chi connectivity index (χ1n) is 11.9. The second-order valence-corrected chi connectivity index (χ2v) is 9.03. The van der Waals surface area contributed by atoms with Gasteiger partial charge in [-0.05, 0) is 37.6 Å². The van der Waals surface area contributed by atoms with Crippen molar-refractivity contribution in [2.75, 3.05) is 37.4 Å². The van der Waals surface area contributed by atoms with Crippen LogP contribution in [-0.4, -0.2) is 74.3 Å². The maximum absolute atomic E-state index is 14.4. The van der Waals surface area contributed by atoms with Crippen LogP contribution in [0, 0.1) is 5.95 Å². The summed E-state index contributed by atoms with van der Waals surface area (Å²) in [7, 11) is 3.47. The van der Waals surface area contributed by atoms with Gasteiger partial charge in [-0.2, -0.15) is 9.49 Å². The summed E-state index contributed by atoms with van der Waals surface area (Å²) >= 11 is 0. The first-order valence-corrected chi connectivity index (χ1v) is 11.9. The molecule has 192 valence electrons. The maximum Gasteiger partial charge on any atom is 0.257 e. The topological polar surface area (TPSA) is 130 Å². The van der Waals surface area contributed by atoms with E-state index in [-0.39, 0.29) is 35.4 Å².